The molecule has 3 rings (SSSR count). The maximum absolute atomic E-state index is 12.6. The van der Waals surface area contributed by atoms with Crippen LogP contribution in [0.25, 0.3) is 0 Å². The molecule has 0 spiro atoms. The molecule has 0 aromatic carbocycles. The Morgan fingerprint density at radius 2 is 1.86 bits per heavy atom. The minimum absolute atomic E-state index is 0.394. The van der Waals surface area contributed by atoms with Crippen LogP contribution >= 0.6 is 0 Å². The zero-order chi connectivity index (χ0) is 15.0. The number of fused-ring (bicyclic) bond motifs is 2. The molecule has 5 heteroatoms. The van der Waals surface area contributed by atoms with Gasteiger partial charge in [-0.3, -0.25) is 10.2 Å². The van der Waals surface area contributed by atoms with Crippen molar-refractivity contribution in [1.29, 1.82) is 5.41 Å². The quantitative estimate of drug-likeness (QED) is 0.616. The highest BCUT2D eigenvalue weighted by Gasteiger charge is 2.43. The lowest BCUT2D eigenvalue weighted by Crippen LogP contribution is -2.59. The van der Waals surface area contributed by atoms with Crippen LogP contribution in [0.1, 0.15) is 51.4 Å². The molecule has 21 heavy (non-hydrogen) atoms. The van der Waals surface area contributed by atoms with Crippen molar-refractivity contribution in [2.75, 3.05) is 14.1 Å². The number of guanidine groups is 1. The zero-order valence-electron chi connectivity index (χ0n) is 13.3. The minimum atomic E-state index is 0.394. The summed E-state index contributed by atoms with van der Waals surface area (Å²) in [4.78, 5) is 16.9. The largest absolute Gasteiger partial charge is 0.359 e. The van der Waals surface area contributed by atoms with Crippen LogP contribution in [0, 0.1) is 11.3 Å². The van der Waals surface area contributed by atoms with Crippen molar-refractivity contribution in [1.82, 2.24) is 15.1 Å². The average molecular weight is 292 g/mol. The molecule has 3 aliphatic rings. The van der Waals surface area contributed by atoms with E-state index in [1.54, 1.807) is 7.05 Å². The van der Waals surface area contributed by atoms with Crippen molar-refractivity contribution >= 4 is 11.9 Å². The molecule has 118 valence electrons. The Balaban J connectivity index is 1.67. The summed E-state index contributed by atoms with van der Waals surface area (Å²) in [7, 11) is 3.80. The fraction of sp³-hybridized carbons (Fsp3) is 0.875. The topological polar surface area (TPSA) is 59.4 Å². The first-order chi connectivity index (χ1) is 10.1. The minimum Gasteiger partial charge on any atom is -0.359 e. The molecule has 2 heterocycles. The first kappa shape index (κ1) is 14.7. The van der Waals surface area contributed by atoms with Crippen molar-refractivity contribution < 1.29 is 4.79 Å². The second-order valence-corrected chi connectivity index (χ2v) is 7.02. The van der Waals surface area contributed by atoms with Gasteiger partial charge in [0.25, 0.3) is 0 Å². The van der Waals surface area contributed by atoms with Gasteiger partial charge >= 0.3 is 0 Å². The van der Waals surface area contributed by atoms with Crippen LogP contribution in [0.5, 0.6) is 0 Å². The number of amides is 1. The monoisotopic (exact) mass is 292 g/mol. The van der Waals surface area contributed by atoms with Gasteiger partial charge in [-0.25, -0.2) is 0 Å². The van der Waals surface area contributed by atoms with Crippen LogP contribution in [0.15, 0.2) is 0 Å². The van der Waals surface area contributed by atoms with E-state index < -0.39 is 0 Å². The van der Waals surface area contributed by atoms with Crippen LogP contribution < -0.4 is 5.32 Å². The lowest BCUT2D eigenvalue weighted by atomic mass is 9.81. The fourth-order valence-electron chi connectivity index (χ4n) is 4.11. The Morgan fingerprint density at radius 1 is 1.24 bits per heavy atom. The normalized spacial score (nSPS) is 31.7. The van der Waals surface area contributed by atoms with Crippen molar-refractivity contribution in [2.24, 2.45) is 5.92 Å². The molecular formula is C16H28N4O. The third-order valence-corrected chi connectivity index (χ3v) is 5.54. The SMILES string of the molecule is CNC(=N)N(C)[C@@H]1C[C@H]2CCC[C@@H](C1)N2C(=O)CC1CC1. The van der Waals surface area contributed by atoms with E-state index >= 15 is 0 Å². The van der Waals surface area contributed by atoms with Gasteiger partial charge in [-0.2, -0.15) is 0 Å². The van der Waals surface area contributed by atoms with Crippen LogP contribution in [0.3, 0.4) is 0 Å². The summed E-state index contributed by atoms with van der Waals surface area (Å²) < 4.78 is 0. The van der Waals surface area contributed by atoms with E-state index in [0.29, 0.717) is 35.9 Å². The summed E-state index contributed by atoms with van der Waals surface area (Å²) in [6.45, 7) is 0. The first-order valence-corrected chi connectivity index (χ1v) is 8.40. The smallest absolute Gasteiger partial charge is 0.223 e. The molecule has 3 fully saturated rings. The third-order valence-electron chi connectivity index (χ3n) is 5.54. The zero-order valence-corrected chi connectivity index (χ0v) is 13.3. The third kappa shape index (κ3) is 3.01. The van der Waals surface area contributed by atoms with Crippen molar-refractivity contribution in [3.8, 4) is 0 Å². The highest BCUT2D eigenvalue weighted by Crippen LogP contribution is 2.39. The lowest BCUT2D eigenvalue weighted by Gasteiger charge is -2.51. The van der Waals surface area contributed by atoms with Crippen molar-refractivity contribution in [3.63, 3.8) is 0 Å². The number of piperidine rings is 2. The molecule has 1 amide bonds. The van der Waals surface area contributed by atoms with E-state index in [0.717, 1.165) is 32.1 Å². The number of nitrogens with one attached hydrogen (secondary N) is 2. The predicted molar refractivity (Wildman–Crippen MR) is 83.2 cm³/mol. The maximum atomic E-state index is 12.6. The van der Waals surface area contributed by atoms with Gasteiger partial charge in [-0.05, 0) is 50.9 Å². The Hall–Kier alpha value is -1.26. The van der Waals surface area contributed by atoms with E-state index in [4.69, 9.17) is 5.41 Å². The molecule has 0 unspecified atom stereocenters. The molecule has 0 aromatic rings. The predicted octanol–water partition coefficient (Wildman–Crippen LogP) is 1.78. The number of carbonyl (C=O) groups is 1. The second kappa shape index (κ2) is 5.85. The van der Waals surface area contributed by atoms with Gasteiger partial charge in [-0.1, -0.05) is 0 Å². The number of hydrogen-bond donors (Lipinski definition) is 2. The maximum Gasteiger partial charge on any atom is 0.223 e. The van der Waals surface area contributed by atoms with Gasteiger partial charge in [0.1, 0.15) is 0 Å². The van der Waals surface area contributed by atoms with Crippen molar-refractivity contribution in [3.05, 3.63) is 0 Å². The van der Waals surface area contributed by atoms with Crippen LogP contribution in [0.4, 0.5) is 0 Å². The van der Waals surface area contributed by atoms with E-state index in [1.807, 2.05) is 11.9 Å². The van der Waals surface area contributed by atoms with Crippen LogP contribution in [0.2, 0.25) is 0 Å². The molecule has 1 aliphatic carbocycles. The van der Waals surface area contributed by atoms with Gasteiger partial charge in [-0.15, -0.1) is 0 Å². The van der Waals surface area contributed by atoms with E-state index in [1.165, 1.54) is 19.3 Å². The number of nitrogens with zero attached hydrogens (tertiary/aromatic N) is 2. The number of rotatable bonds is 3. The van der Waals surface area contributed by atoms with Gasteiger partial charge in [0.2, 0.25) is 5.91 Å². The molecular weight excluding hydrogens is 264 g/mol. The molecule has 2 N–H and O–H groups in total. The van der Waals surface area contributed by atoms with Gasteiger partial charge in [0, 0.05) is 38.6 Å². The standard InChI is InChI=1S/C16H28N4O/c1-18-16(17)19(2)14-9-12-4-3-5-13(10-14)20(12)15(21)8-11-6-7-11/h11-14H,3-10H2,1-2H3,(H2,17,18)/t12-,13+,14-. The number of hydrogen-bond acceptors (Lipinski definition) is 2. The van der Waals surface area contributed by atoms with Crippen molar-refractivity contribution in [2.45, 2.75) is 69.5 Å². The summed E-state index contributed by atoms with van der Waals surface area (Å²) >= 11 is 0. The molecule has 5 nitrogen and oxygen atoms in total. The summed E-state index contributed by atoms with van der Waals surface area (Å²) in [6.07, 6.45) is 8.86. The lowest BCUT2D eigenvalue weighted by molar-refractivity contribution is -0.142. The first-order valence-electron chi connectivity index (χ1n) is 8.40. The summed E-state index contributed by atoms with van der Waals surface area (Å²) in [6, 6.07) is 1.20. The molecule has 2 saturated heterocycles. The Bertz CT molecular complexity index is 407. The van der Waals surface area contributed by atoms with E-state index in [9.17, 15) is 4.79 Å². The van der Waals surface area contributed by atoms with E-state index in [2.05, 4.69) is 10.2 Å². The van der Waals surface area contributed by atoms with Gasteiger partial charge in [0.05, 0.1) is 0 Å². The Morgan fingerprint density at radius 3 is 2.38 bits per heavy atom. The molecule has 2 aliphatic heterocycles. The molecule has 1 saturated carbocycles. The molecule has 0 radical (unpaired) electrons. The second-order valence-electron chi connectivity index (χ2n) is 7.02. The summed E-state index contributed by atoms with van der Waals surface area (Å²) in [5, 5.41) is 10.9. The number of carbonyl (C=O) groups excluding carboxylic acids is 1. The summed E-state index contributed by atoms with van der Waals surface area (Å²) in [5.41, 5.74) is 0. The highest BCUT2D eigenvalue weighted by atomic mass is 16.2. The van der Waals surface area contributed by atoms with Gasteiger partial charge < -0.3 is 15.1 Å². The van der Waals surface area contributed by atoms with Crippen LogP contribution in [-0.4, -0.2) is 53.9 Å². The summed E-state index contributed by atoms with van der Waals surface area (Å²) in [5.74, 6) is 1.56. The average Bonchev–Trinajstić information content (AvgIpc) is 3.28. The molecule has 0 aromatic heterocycles. The Labute approximate surface area is 127 Å². The molecule has 3 atom stereocenters. The molecule has 2 bridgehead atoms. The highest BCUT2D eigenvalue weighted by molar-refractivity contribution is 5.78. The van der Waals surface area contributed by atoms with E-state index in [-0.39, 0.29) is 0 Å². The fourth-order valence-corrected chi connectivity index (χ4v) is 4.11. The Kier molecular flexibility index (Phi) is 4.09. The van der Waals surface area contributed by atoms with Gasteiger partial charge in [0.15, 0.2) is 5.96 Å². The van der Waals surface area contributed by atoms with Crippen LogP contribution in [-0.2, 0) is 4.79 Å².